The van der Waals surface area contributed by atoms with Gasteiger partial charge in [-0.05, 0) is 51.4 Å². The molecule has 0 aromatic heterocycles. The molecule has 0 radical (unpaired) electrons. The van der Waals surface area contributed by atoms with Crippen LogP contribution >= 0.6 is 7.82 Å². The van der Waals surface area contributed by atoms with E-state index < -0.39 is 51.8 Å². The van der Waals surface area contributed by atoms with E-state index in [9.17, 15) is 24.2 Å². The van der Waals surface area contributed by atoms with Crippen LogP contribution < -0.4 is 0 Å². The van der Waals surface area contributed by atoms with Gasteiger partial charge in [-0.25, -0.2) is 4.57 Å². The Labute approximate surface area is 290 Å². The first-order chi connectivity index (χ1) is 23.2. The van der Waals surface area contributed by atoms with Crippen LogP contribution in [-0.4, -0.2) is 65.7 Å². The van der Waals surface area contributed by atoms with Crippen LogP contribution in [0.5, 0.6) is 0 Å². The van der Waals surface area contributed by atoms with Crippen LogP contribution in [0.3, 0.4) is 0 Å². The number of esters is 2. The summed E-state index contributed by atoms with van der Waals surface area (Å²) in [6.07, 6.45) is 32.4. The summed E-state index contributed by atoms with van der Waals surface area (Å²) < 4.78 is 32.5. The van der Waals surface area contributed by atoms with Gasteiger partial charge in [-0.1, -0.05) is 120 Å². The van der Waals surface area contributed by atoms with Gasteiger partial charge in [0, 0.05) is 12.8 Å². The first kappa shape index (κ1) is 45.9. The average Bonchev–Trinajstić information content (AvgIpc) is 3.07. The molecule has 0 fully saturated rings. The molecule has 278 valence electrons. The van der Waals surface area contributed by atoms with Gasteiger partial charge in [0.05, 0.1) is 19.8 Å². The molecule has 0 saturated heterocycles. The number of hydrogen-bond acceptors (Lipinski definition) is 9. The number of carbonyl (C=O) groups excluding carboxylic acids is 2. The highest BCUT2D eigenvalue weighted by Gasteiger charge is 2.27. The van der Waals surface area contributed by atoms with Gasteiger partial charge in [0.1, 0.15) is 12.7 Å². The van der Waals surface area contributed by atoms with Crippen LogP contribution in [0.2, 0.25) is 0 Å². The Kier molecular flexibility index (Phi) is 32.0. The predicted molar refractivity (Wildman–Crippen MR) is 191 cm³/mol. The highest BCUT2D eigenvalue weighted by molar-refractivity contribution is 7.47. The van der Waals surface area contributed by atoms with Crippen molar-refractivity contribution in [2.45, 2.75) is 148 Å². The lowest BCUT2D eigenvalue weighted by Crippen LogP contribution is -2.29. The summed E-state index contributed by atoms with van der Waals surface area (Å²) in [5.74, 6) is -0.980. The molecule has 0 aliphatic carbocycles. The van der Waals surface area contributed by atoms with Crippen molar-refractivity contribution in [1.82, 2.24) is 0 Å². The zero-order valence-electron chi connectivity index (χ0n) is 29.7. The number of rotatable bonds is 33. The van der Waals surface area contributed by atoms with Crippen LogP contribution in [0.1, 0.15) is 136 Å². The molecule has 3 atom stereocenters. The Balaban J connectivity index is 4.49. The number of phosphoric ester groups is 1. The summed E-state index contributed by atoms with van der Waals surface area (Å²) in [5.41, 5.74) is 0. The lowest BCUT2D eigenvalue weighted by molar-refractivity contribution is -0.161. The van der Waals surface area contributed by atoms with Gasteiger partial charge in [0.15, 0.2) is 6.10 Å². The Bertz CT molecular complexity index is 946. The van der Waals surface area contributed by atoms with Crippen LogP contribution in [0, 0.1) is 0 Å². The van der Waals surface area contributed by atoms with Crippen molar-refractivity contribution in [3.63, 3.8) is 0 Å². The molecule has 11 heteroatoms. The molecule has 0 saturated carbocycles. The molecule has 3 N–H and O–H groups in total. The van der Waals surface area contributed by atoms with Crippen molar-refractivity contribution in [2.75, 3.05) is 26.4 Å². The number of phosphoric acid groups is 1. The van der Waals surface area contributed by atoms with Crippen LogP contribution in [0.4, 0.5) is 0 Å². The second kappa shape index (κ2) is 33.4. The molecule has 48 heavy (non-hydrogen) atoms. The van der Waals surface area contributed by atoms with Crippen molar-refractivity contribution >= 4 is 19.8 Å². The van der Waals surface area contributed by atoms with Gasteiger partial charge in [-0.3, -0.25) is 18.6 Å². The van der Waals surface area contributed by atoms with Gasteiger partial charge in [-0.15, -0.1) is 0 Å². The largest absolute Gasteiger partial charge is 0.472 e. The summed E-state index contributed by atoms with van der Waals surface area (Å²) in [7, 11) is -4.62. The number of aliphatic hydroxyl groups is 2. The Morgan fingerprint density at radius 2 is 1.15 bits per heavy atom. The average molecular weight is 701 g/mol. The monoisotopic (exact) mass is 700 g/mol. The molecule has 0 aromatic carbocycles. The minimum Gasteiger partial charge on any atom is -0.462 e. The van der Waals surface area contributed by atoms with Crippen LogP contribution in [0.25, 0.3) is 0 Å². The van der Waals surface area contributed by atoms with Crippen molar-refractivity contribution < 1.29 is 47.8 Å². The van der Waals surface area contributed by atoms with Crippen molar-refractivity contribution in [2.24, 2.45) is 0 Å². The van der Waals surface area contributed by atoms with E-state index in [4.69, 9.17) is 19.1 Å². The van der Waals surface area contributed by atoms with E-state index in [1.165, 1.54) is 38.5 Å². The normalized spacial score (nSPS) is 14.7. The molecular formula is C37H65O10P. The van der Waals surface area contributed by atoms with E-state index in [-0.39, 0.29) is 19.4 Å². The Morgan fingerprint density at radius 3 is 1.73 bits per heavy atom. The minimum absolute atomic E-state index is 0.131. The third-order valence-electron chi connectivity index (χ3n) is 7.25. The number of allylic oxidation sites excluding steroid dienone is 8. The van der Waals surface area contributed by atoms with Crippen molar-refractivity contribution in [3.05, 3.63) is 48.6 Å². The fourth-order valence-electron chi connectivity index (χ4n) is 4.45. The summed E-state index contributed by atoms with van der Waals surface area (Å²) in [6, 6.07) is 0. The van der Waals surface area contributed by atoms with Crippen molar-refractivity contribution in [3.8, 4) is 0 Å². The highest BCUT2D eigenvalue weighted by Crippen LogP contribution is 2.43. The van der Waals surface area contributed by atoms with Crippen LogP contribution in [-0.2, 0) is 32.7 Å². The molecule has 1 unspecified atom stereocenters. The minimum atomic E-state index is -4.62. The van der Waals surface area contributed by atoms with E-state index in [1.807, 2.05) is 0 Å². The number of hydrogen-bond donors (Lipinski definition) is 3. The molecule has 0 rings (SSSR count). The summed E-state index contributed by atoms with van der Waals surface area (Å²) >= 11 is 0. The Hall–Kier alpha value is -2.07. The zero-order chi connectivity index (χ0) is 35.6. The van der Waals surface area contributed by atoms with E-state index >= 15 is 0 Å². The molecule has 0 bridgehead atoms. The maximum Gasteiger partial charge on any atom is 0.472 e. The third kappa shape index (κ3) is 32.5. The molecule has 0 aliphatic heterocycles. The van der Waals surface area contributed by atoms with Gasteiger partial charge < -0.3 is 24.6 Å². The van der Waals surface area contributed by atoms with E-state index in [0.717, 1.165) is 57.8 Å². The van der Waals surface area contributed by atoms with Gasteiger partial charge >= 0.3 is 19.8 Å². The maximum atomic E-state index is 12.5. The lowest BCUT2D eigenvalue weighted by atomic mass is 10.1. The zero-order valence-corrected chi connectivity index (χ0v) is 30.6. The van der Waals surface area contributed by atoms with Crippen LogP contribution in [0.15, 0.2) is 48.6 Å². The number of carbonyl (C=O) groups is 2. The van der Waals surface area contributed by atoms with E-state index in [1.54, 1.807) is 0 Å². The summed E-state index contributed by atoms with van der Waals surface area (Å²) in [4.78, 5) is 34.7. The summed E-state index contributed by atoms with van der Waals surface area (Å²) in [5, 5.41) is 18.2. The first-order valence-electron chi connectivity index (χ1n) is 18.1. The number of aliphatic hydroxyl groups excluding tert-OH is 2. The second-order valence-electron chi connectivity index (χ2n) is 11.9. The quantitative estimate of drug-likeness (QED) is 0.0263. The topological polar surface area (TPSA) is 149 Å². The fraction of sp³-hybridized carbons (Fsp3) is 0.730. The Morgan fingerprint density at radius 1 is 0.646 bits per heavy atom. The van der Waals surface area contributed by atoms with Gasteiger partial charge in [0.2, 0.25) is 0 Å². The molecule has 0 aromatic rings. The molecule has 0 amide bonds. The van der Waals surface area contributed by atoms with Gasteiger partial charge in [0.25, 0.3) is 0 Å². The maximum absolute atomic E-state index is 12.5. The molecule has 10 nitrogen and oxygen atoms in total. The first-order valence-corrected chi connectivity index (χ1v) is 19.6. The standard InChI is InChI=1S/C37H65O10P/c1-3-5-7-9-11-13-15-16-17-18-19-21-23-25-27-29-37(41)47-35(33-46-48(42,43)45-31-34(39)30-38)32-44-36(40)28-26-24-22-20-14-12-10-8-6-4-2/h5,7,11,13,16-17,19,21,34-35,38-39H,3-4,6,8-10,12,14-15,18,20,22-33H2,1-2H3,(H,42,43)/b7-5+,13-11+,17-16+,21-19+/t34-,35+/m0/s1. The van der Waals surface area contributed by atoms with Crippen molar-refractivity contribution in [1.29, 1.82) is 0 Å². The van der Waals surface area contributed by atoms with Gasteiger partial charge in [-0.2, -0.15) is 0 Å². The number of ether oxygens (including phenoxy) is 2. The third-order valence-corrected chi connectivity index (χ3v) is 8.20. The SMILES string of the molecule is CC/C=C/C/C=C/C/C=C/C/C=C/CCCCC(=O)O[C@H](COC(=O)CCCCCCCCCCCC)COP(=O)(O)OC[C@@H](O)CO. The summed E-state index contributed by atoms with van der Waals surface area (Å²) in [6.45, 7) is 2.17. The molecule has 0 aliphatic rings. The smallest absolute Gasteiger partial charge is 0.462 e. The molecule has 0 spiro atoms. The van der Waals surface area contributed by atoms with E-state index in [0.29, 0.717) is 12.8 Å². The highest BCUT2D eigenvalue weighted by atomic mass is 31.2. The number of unbranched alkanes of at least 4 members (excludes halogenated alkanes) is 11. The fourth-order valence-corrected chi connectivity index (χ4v) is 5.24. The lowest BCUT2D eigenvalue weighted by Gasteiger charge is -2.20. The predicted octanol–water partition coefficient (Wildman–Crippen LogP) is 8.60. The molecule has 0 heterocycles. The van der Waals surface area contributed by atoms with E-state index in [2.05, 4.69) is 67.0 Å². The molecular weight excluding hydrogens is 635 g/mol. The second-order valence-corrected chi connectivity index (χ2v) is 13.3.